The SMILES string of the molecule is C[C@H](O)C(=O)NC[C@@H]1CC[C@@H](NC2=C3C=CN=C3CN=C2C(=O)c2ccc(Oc3ccccc3)cc2Cl)CO1. The van der Waals surface area contributed by atoms with E-state index in [1.807, 2.05) is 36.4 Å². The minimum atomic E-state index is -1.06. The number of rotatable bonds is 9. The number of aliphatic imine (C=N–C) groups is 2. The van der Waals surface area contributed by atoms with Crippen molar-refractivity contribution >= 4 is 34.7 Å². The maximum atomic E-state index is 13.7. The van der Waals surface area contributed by atoms with Crippen LogP contribution in [0.2, 0.25) is 5.02 Å². The maximum absolute atomic E-state index is 13.7. The third-order valence-electron chi connectivity index (χ3n) is 6.66. The fourth-order valence-corrected chi connectivity index (χ4v) is 4.81. The number of Topliss-reactive ketones (excluding diaryl/α,β-unsaturated/α-hetero) is 1. The Kier molecular flexibility index (Phi) is 8.21. The number of dihydropyridines is 1. The van der Waals surface area contributed by atoms with E-state index in [0.717, 1.165) is 17.7 Å². The fraction of sp³-hybridized carbons (Fsp3) is 0.310. The van der Waals surface area contributed by atoms with Gasteiger partial charge in [-0.25, -0.2) is 0 Å². The van der Waals surface area contributed by atoms with Crippen LogP contribution in [0.3, 0.4) is 0 Å². The Morgan fingerprint density at radius 2 is 2.00 bits per heavy atom. The number of amides is 1. The lowest BCUT2D eigenvalue weighted by Crippen LogP contribution is -2.46. The third-order valence-corrected chi connectivity index (χ3v) is 6.97. The molecular formula is C29H29ClN4O5. The van der Waals surface area contributed by atoms with Crippen LogP contribution in [0.4, 0.5) is 0 Å². The molecule has 3 atom stereocenters. The van der Waals surface area contributed by atoms with Crippen LogP contribution in [0.5, 0.6) is 11.5 Å². The van der Waals surface area contributed by atoms with Gasteiger partial charge in [-0.3, -0.25) is 19.6 Å². The van der Waals surface area contributed by atoms with Gasteiger partial charge in [-0.05, 0) is 50.1 Å². The van der Waals surface area contributed by atoms with Gasteiger partial charge in [0.25, 0.3) is 0 Å². The quantitative estimate of drug-likeness (QED) is 0.411. The average Bonchev–Trinajstić information content (AvgIpc) is 3.42. The molecule has 5 rings (SSSR count). The highest BCUT2D eigenvalue weighted by Gasteiger charge is 2.32. The Hall–Kier alpha value is -3.79. The number of allylic oxidation sites excluding steroid dienone is 2. The number of halogens is 1. The molecular weight excluding hydrogens is 520 g/mol. The van der Waals surface area contributed by atoms with Gasteiger partial charge >= 0.3 is 0 Å². The molecule has 2 aromatic rings. The molecule has 3 aliphatic heterocycles. The van der Waals surface area contributed by atoms with E-state index >= 15 is 0 Å². The zero-order valence-corrected chi connectivity index (χ0v) is 22.1. The standard InChI is InChI=1S/C29H29ClN4O5/c1-17(35)29(37)33-14-21-8-7-18(16-38-21)34-26-23-11-12-31-25(23)15-32-27(26)28(36)22-10-9-20(13-24(22)30)39-19-5-3-2-4-6-19/h2-6,9-13,17-18,21,34-35H,7-8,14-16H2,1H3,(H,33,37)/t17-,18+,21-/m0/s1. The maximum Gasteiger partial charge on any atom is 0.248 e. The van der Waals surface area contributed by atoms with Gasteiger partial charge in [0.15, 0.2) is 0 Å². The number of hydrogen-bond acceptors (Lipinski definition) is 8. The zero-order valence-electron chi connectivity index (χ0n) is 21.4. The van der Waals surface area contributed by atoms with Gasteiger partial charge in [0.1, 0.15) is 23.3 Å². The summed E-state index contributed by atoms with van der Waals surface area (Å²) < 4.78 is 11.8. The van der Waals surface area contributed by atoms with Crippen LogP contribution in [-0.2, 0) is 9.53 Å². The number of aliphatic hydroxyl groups excluding tert-OH is 1. The zero-order chi connectivity index (χ0) is 27.4. The first kappa shape index (κ1) is 26.8. The summed E-state index contributed by atoms with van der Waals surface area (Å²) in [6.45, 7) is 2.44. The summed E-state index contributed by atoms with van der Waals surface area (Å²) in [4.78, 5) is 34.3. The minimum absolute atomic E-state index is 0.0697. The average molecular weight is 549 g/mol. The summed E-state index contributed by atoms with van der Waals surface area (Å²) in [5, 5.41) is 15.8. The monoisotopic (exact) mass is 548 g/mol. The number of nitrogens with zero attached hydrogens (tertiary/aromatic N) is 2. The van der Waals surface area contributed by atoms with Crippen molar-refractivity contribution < 1.29 is 24.2 Å². The Bertz CT molecular complexity index is 1380. The van der Waals surface area contributed by atoms with Crippen molar-refractivity contribution in [3.63, 3.8) is 0 Å². The molecule has 10 heteroatoms. The molecule has 0 bridgehead atoms. The number of benzene rings is 2. The minimum Gasteiger partial charge on any atom is -0.457 e. The van der Waals surface area contributed by atoms with Gasteiger partial charge in [0, 0.05) is 36.0 Å². The largest absolute Gasteiger partial charge is 0.457 e. The molecule has 9 nitrogen and oxygen atoms in total. The lowest BCUT2D eigenvalue weighted by molar-refractivity contribution is -0.129. The second-order valence-corrected chi connectivity index (χ2v) is 9.93. The van der Waals surface area contributed by atoms with Crippen LogP contribution in [0.1, 0.15) is 30.1 Å². The van der Waals surface area contributed by atoms with Crippen LogP contribution in [0.15, 0.2) is 82.1 Å². The molecule has 39 heavy (non-hydrogen) atoms. The van der Waals surface area contributed by atoms with Crippen LogP contribution < -0.4 is 15.4 Å². The predicted molar refractivity (Wildman–Crippen MR) is 149 cm³/mol. The molecule has 202 valence electrons. The van der Waals surface area contributed by atoms with Crippen molar-refractivity contribution in [1.82, 2.24) is 10.6 Å². The Morgan fingerprint density at radius 1 is 1.18 bits per heavy atom. The topological polar surface area (TPSA) is 122 Å². The number of nitrogens with one attached hydrogen (secondary N) is 2. The highest BCUT2D eigenvalue weighted by atomic mass is 35.5. The van der Waals surface area contributed by atoms with Gasteiger partial charge in [-0.1, -0.05) is 29.8 Å². The molecule has 1 saturated heterocycles. The molecule has 1 fully saturated rings. The van der Waals surface area contributed by atoms with E-state index in [-0.39, 0.29) is 23.0 Å². The summed E-state index contributed by atoms with van der Waals surface area (Å²) >= 11 is 6.55. The highest BCUT2D eigenvalue weighted by molar-refractivity contribution is 6.55. The van der Waals surface area contributed by atoms with Gasteiger partial charge in [0.05, 0.1) is 35.7 Å². The number of fused-ring (bicyclic) bond motifs is 1. The summed E-state index contributed by atoms with van der Waals surface area (Å²) in [5.41, 5.74) is 2.85. The Balaban J connectivity index is 1.28. The molecule has 0 unspecified atom stereocenters. The van der Waals surface area contributed by atoms with E-state index in [4.69, 9.17) is 21.1 Å². The van der Waals surface area contributed by atoms with E-state index in [0.29, 0.717) is 54.6 Å². The second-order valence-electron chi connectivity index (χ2n) is 9.53. The van der Waals surface area contributed by atoms with Gasteiger partial charge < -0.3 is 25.2 Å². The first-order valence-corrected chi connectivity index (χ1v) is 13.2. The number of aliphatic hydroxyl groups is 1. The van der Waals surface area contributed by atoms with Crippen LogP contribution in [0.25, 0.3) is 0 Å². The van der Waals surface area contributed by atoms with Gasteiger partial charge in [-0.2, -0.15) is 0 Å². The number of hydrogen-bond donors (Lipinski definition) is 3. The summed E-state index contributed by atoms with van der Waals surface area (Å²) in [6, 6.07) is 14.2. The van der Waals surface area contributed by atoms with Crippen molar-refractivity contribution in [1.29, 1.82) is 0 Å². The third kappa shape index (κ3) is 6.27. The van der Waals surface area contributed by atoms with Crippen LogP contribution in [-0.4, -0.2) is 66.2 Å². The molecule has 0 spiro atoms. The van der Waals surface area contributed by atoms with E-state index in [1.54, 1.807) is 24.4 Å². The first-order chi connectivity index (χ1) is 18.9. The van der Waals surface area contributed by atoms with E-state index in [9.17, 15) is 14.7 Å². The van der Waals surface area contributed by atoms with Crippen LogP contribution in [0, 0.1) is 0 Å². The summed E-state index contributed by atoms with van der Waals surface area (Å²) in [7, 11) is 0. The number of ketones is 1. The molecule has 0 aliphatic carbocycles. The van der Waals surface area contributed by atoms with Crippen LogP contribution >= 0.6 is 11.6 Å². The second kappa shape index (κ2) is 11.9. The van der Waals surface area contributed by atoms with Crippen molar-refractivity contribution in [2.24, 2.45) is 9.98 Å². The van der Waals surface area contributed by atoms with Crippen molar-refractivity contribution in [2.75, 3.05) is 19.7 Å². The molecule has 3 N–H and O–H groups in total. The normalized spacial score (nSPS) is 21.0. The van der Waals surface area contributed by atoms with Crippen molar-refractivity contribution in [2.45, 2.75) is 38.0 Å². The fourth-order valence-electron chi connectivity index (χ4n) is 4.56. The van der Waals surface area contributed by atoms with E-state index in [1.165, 1.54) is 6.92 Å². The lowest BCUT2D eigenvalue weighted by Gasteiger charge is -2.32. The molecule has 3 heterocycles. The predicted octanol–water partition coefficient (Wildman–Crippen LogP) is 3.63. The molecule has 0 aromatic heterocycles. The molecule has 0 saturated carbocycles. The number of carbonyl (C=O) groups excluding carboxylic acids is 2. The van der Waals surface area contributed by atoms with Crippen molar-refractivity contribution in [3.8, 4) is 11.5 Å². The molecule has 0 radical (unpaired) electrons. The highest BCUT2D eigenvalue weighted by Crippen LogP contribution is 2.29. The molecule has 3 aliphatic rings. The molecule has 2 aromatic carbocycles. The summed E-state index contributed by atoms with van der Waals surface area (Å²) in [5.74, 6) is 0.473. The van der Waals surface area contributed by atoms with Gasteiger partial charge in [0.2, 0.25) is 11.7 Å². The number of ether oxygens (including phenoxy) is 2. The number of para-hydroxylation sites is 1. The van der Waals surface area contributed by atoms with E-state index in [2.05, 4.69) is 20.6 Å². The Labute approximate surface area is 231 Å². The van der Waals surface area contributed by atoms with E-state index < -0.39 is 12.0 Å². The first-order valence-electron chi connectivity index (χ1n) is 12.8. The smallest absolute Gasteiger partial charge is 0.248 e. The van der Waals surface area contributed by atoms with Crippen molar-refractivity contribution in [3.05, 3.63) is 82.7 Å². The lowest BCUT2D eigenvalue weighted by atomic mass is 9.95. The summed E-state index contributed by atoms with van der Waals surface area (Å²) in [6.07, 6.45) is 3.83. The number of carbonyl (C=O) groups is 2. The Morgan fingerprint density at radius 3 is 2.72 bits per heavy atom. The molecule has 1 amide bonds. The van der Waals surface area contributed by atoms with Gasteiger partial charge in [-0.15, -0.1) is 0 Å².